The molecule has 26 heavy (non-hydrogen) atoms. The van der Waals surface area contributed by atoms with E-state index in [4.69, 9.17) is 9.97 Å². The second-order valence-corrected chi connectivity index (χ2v) is 6.40. The Morgan fingerprint density at radius 2 is 1.23 bits per heavy atom. The zero-order chi connectivity index (χ0) is 16.5. The first-order valence-corrected chi connectivity index (χ1v) is 8.30. The summed E-state index contributed by atoms with van der Waals surface area (Å²) in [6, 6.07) is 16.7. The summed E-state index contributed by atoms with van der Waals surface area (Å²) < 4.78 is 0. The van der Waals surface area contributed by atoms with Crippen LogP contribution in [0.25, 0.3) is 22.1 Å². The van der Waals surface area contributed by atoms with E-state index < -0.39 is 0 Å². The number of nitrogens with one attached hydrogen (secondary N) is 2. The molecule has 136 valence electrons. The first-order chi connectivity index (χ1) is 11.7. The van der Waals surface area contributed by atoms with E-state index in [9.17, 15) is 0 Å². The van der Waals surface area contributed by atoms with Gasteiger partial charge in [-0.05, 0) is 38.1 Å². The van der Waals surface area contributed by atoms with Crippen LogP contribution in [0.4, 0.5) is 0 Å². The molecule has 4 aromatic rings. The van der Waals surface area contributed by atoms with Crippen LogP contribution in [-0.4, -0.2) is 30.9 Å². The van der Waals surface area contributed by atoms with Gasteiger partial charge < -0.3 is 9.97 Å². The number of halogens is 1. The van der Waals surface area contributed by atoms with Crippen molar-refractivity contribution >= 4 is 34.5 Å². The number of fused-ring (bicyclic) bond motifs is 2. The second kappa shape index (κ2) is 8.70. The number of aromatic nitrogens is 4. The van der Waals surface area contributed by atoms with Crippen LogP contribution < -0.4 is 0 Å². The molecule has 5 nitrogen and oxygen atoms in total. The predicted molar refractivity (Wildman–Crippen MR) is 104 cm³/mol. The summed E-state index contributed by atoms with van der Waals surface area (Å²) >= 11 is 0. The maximum atomic E-state index is 4.69. The van der Waals surface area contributed by atoms with E-state index >= 15 is 0 Å². The van der Waals surface area contributed by atoms with Crippen molar-refractivity contribution in [1.29, 1.82) is 0 Å². The zero-order valence-electron chi connectivity index (χ0n) is 14.8. The molecule has 0 aliphatic rings. The molecule has 0 aliphatic carbocycles. The number of benzene rings is 2. The van der Waals surface area contributed by atoms with Crippen molar-refractivity contribution in [2.45, 2.75) is 33.0 Å². The van der Waals surface area contributed by atoms with Gasteiger partial charge in [0.2, 0.25) is 0 Å². The van der Waals surface area contributed by atoms with Crippen LogP contribution in [0.5, 0.6) is 0 Å². The molecule has 0 unspecified atom stereocenters. The third kappa shape index (κ3) is 4.28. The van der Waals surface area contributed by atoms with E-state index in [1.807, 2.05) is 36.4 Å². The molecular formula is C19H22ClCrN5. The van der Waals surface area contributed by atoms with Crippen LogP contribution in [0.15, 0.2) is 48.5 Å². The van der Waals surface area contributed by atoms with Crippen molar-refractivity contribution in [3.05, 3.63) is 60.2 Å². The summed E-state index contributed by atoms with van der Waals surface area (Å²) in [4.78, 5) is 18.6. The fraction of sp³-hybridized carbons (Fsp3) is 0.263. The molecule has 2 heterocycles. The fourth-order valence-electron chi connectivity index (χ4n) is 2.97. The van der Waals surface area contributed by atoms with E-state index in [-0.39, 0.29) is 29.8 Å². The Kier molecular flexibility index (Phi) is 6.85. The van der Waals surface area contributed by atoms with Gasteiger partial charge in [-0.1, -0.05) is 24.3 Å². The monoisotopic (exact) mass is 407 g/mol. The van der Waals surface area contributed by atoms with E-state index in [0.717, 1.165) is 46.8 Å². The van der Waals surface area contributed by atoms with E-state index in [1.54, 1.807) is 0 Å². The van der Waals surface area contributed by atoms with Gasteiger partial charge in [0, 0.05) is 23.4 Å². The van der Waals surface area contributed by atoms with E-state index in [1.165, 1.54) is 0 Å². The number of nitrogens with zero attached hydrogens (tertiary/aromatic N) is 3. The molecule has 7 heteroatoms. The quantitative estimate of drug-likeness (QED) is 0.519. The van der Waals surface area contributed by atoms with Gasteiger partial charge in [0.25, 0.3) is 0 Å². The van der Waals surface area contributed by atoms with E-state index in [0.29, 0.717) is 6.04 Å². The zero-order valence-corrected chi connectivity index (χ0v) is 16.9. The van der Waals surface area contributed by atoms with Crippen LogP contribution in [-0.2, 0) is 30.5 Å². The summed E-state index contributed by atoms with van der Waals surface area (Å²) in [6.45, 7) is 5.93. The first kappa shape index (κ1) is 20.5. The molecule has 4 rings (SSSR count). The van der Waals surface area contributed by atoms with Crippen LogP contribution in [0.3, 0.4) is 0 Å². The largest absolute Gasteiger partial charge is 0.341 e. The van der Waals surface area contributed by atoms with Crippen molar-refractivity contribution in [3.8, 4) is 0 Å². The van der Waals surface area contributed by atoms with Gasteiger partial charge in [0.15, 0.2) is 0 Å². The van der Waals surface area contributed by atoms with Gasteiger partial charge >= 0.3 is 0 Å². The minimum Gasteiger partial charge on any atom is -0.341 e. The molecule has 0 spiro atoms. The van der Waals surface area contributed by atoms with Crippen LogP contribution in [0.1, 0.15) is 25.5 Å². The van der Waals surface area contributed by atoms with E-state index in [2.05, 4.69) is 40.8 Å². The standard InChI is InChI=1S/C19H21N5.ClH.Cr/c1-13(2)24(11-18-20-14-7-3-4-8-15(14)21-18)12-19-22-16-9-5-6-10-17(16)23-19;;/h3-10,13H,11-12H2,1-2H3,(H,20,21)(H,22,23);1H;. The Hall–Kier alpha value is -1.84. The molecule has 2 aromatic carbocycles. The summed E-state index contributed by atoms with van der Waals surface area (Å²) in [7, 11) is 0. The summed E-state index contributed by atoms with van der Waals surface area (Å²) in [6.07, 6.45) is 0. The number of rotatable bonds is 5. The molecule has 2 N–H and O–H groups in total. The number of aromatic amines is 2. The Morgan fingerprint density at radius 1 is 0.808 bits per heavy atom. The molecule has 2 aromatic heterocycles. The third-order valence-electron chi connectivity index (χ3n) is 4.31. The summed E-state index contributed by atoms with van der Waals surface area (Å²) in [5, 5.41) is 0. The number of H-pyrrole nitrogens is 2. The molecule has 0 bridgehead atoms. The third-order valence-corrected chi connectivity index (χ3v) is 4.31. The number of imidazole rings is 2. The molecule has 0 atom stereocenters. The molecule has 0 fully saturated rings. The number of hydrogen-bond donors (Lipinski definition) is 2. The Balaban J connectivity index is 0.00000121. The number of para-hydroxylation sites is 4. The van der Waals surface area contributed by atoms with Crippen molar-refractivity contribution in [2.24, 2.45) is 0 Å². The molecule has 0 saturated carbocycles. The Morgan fingerprint density at radius 3 is 1.62 bits per heavy atom. The summed E-state index contributed by atoms with van der Waals surface area (Å²) in [5.74, 6) is 1.97. The topological polar surface area (TPSA) is 60.6 Å². The molecule has 0 saturated heterocycles. The average Bonchev–Trinajstić information content (AvgIpc) is 3.16. The maximum Gasteiger partial charge on any atom is 0.121 e. The fourth-order valence-corrected chi connectivity index (χ4v) is 2.97. The minimum atomic E-state index is 0. The second-order valence-electron chi connectivity index (χ2n) is 6.40. The van der Waals surface area contributed by atoms with Gasteiger partial charge in [-0.15, -0.1) is 12.4 Å². The first-order valence-electron chi connectivity index (χ1n) is 8.30. The summed E-state index contributed by atoms with van der Waals surface area (Å²) in [5.41, 5.74) is 4.19. The molecule has 0 aliphatic heterocycles. The van der Waals surface area contributed by atoms with Gasteiger partial charge in [0.05, 0.1) is 35.2 Å². The van der Waals surface area contributed by atoms with Crippen molar-refractivity contribution < 1.29 is 17.4 Å². The van der Waals surface area contributed by atoms with Crippen molar-refractivity contribution in [3.63, 3.8) is 0 Å². The van der Waals surface area contributed by atoms with Crippen LogP contribution in [0, 0.1) is 0 Å². The number of hydrogen-bond acceptors (Lipinski definition) is 3. The van der Waals surface area contributed by atoms with Crippen LogP contribution in [0.2, 0.25) is 0 Å². The van der Waals surface area contributed by atoms with Crippen molar-refractivity contribution in [2.75, 3.05) is 0 Å². The Labute approximate surface area is 169 Å². The average molecular weight is 408 g/mol. The van der Waals surface area contributed by atoms with Crippen LogP contribution >= 0.6 is 12.4 Å². The smallest absolute Gasteiger partial charge is 0.121 e. The molecule has 0 radical (unpaired) electrons. The molecular weight excluding hydrogens is 386 g/mol. The SMILES string of the molecule is CC(C)N(Cc1nc2ccccc2[nH]1)Cc1nc2ccccc2[nH]1.Cl.[Cr]. The van der Waals surface area contributed by atoms with Gasteiger partial charge in [-0.25, -0.2) is 9.97 Å². The van der Waals surface area contributed by atoms with Gasteiger partial charge in [-0.3, -0.25) is 4.90 Å². The predicted octanol–water partition coefficient (Wildman–Crippen LogP) is 4.27. The normalized spacial score (nSPS) is 11.1. The van der Waals surface area contributed by atoms with Gasteiger partial charge in [0.1, 0.15) is 11.6 Å². The molecule has 0 amide bonds. The minimum absolute atomic E-state index is 0. The maximum absolute atomic E-state index is 4.69. The van der Waals surface area contributed by atoms with Gasteiger partial charge in [-0.2, -0.15) is 0 Å². The Bertz CT molecular complexity index is 836. The van der Waals surface area contributed by atoms with Crippen molar-refractivity contribution in [1.82, 2.24) is 24.8 Å².